The third-order valence-electron chi connectivity index (χ3n) is 1.96. The Balaban J connectivity index is 2.18. The molecule has 1 aromatic heterocycles. The molecule has 0 bridgehead atoms. The van der Waals surface area contributed by atoms with Crippen molar-refractivity contribution in [2.45, 2.75) is 6.10 Å². The van der Waals surface area contributed by atoms with Gasteiger partial charge in [-0.1, -0.05) is 15.9 Å². The minimum atomic E-state index is 0.0248. The second-order valence-corrected chi connectivity index (χ2v) is 3.69. The first-order valence-electron chi connectivity index (χ1n) is 4.16. The second kappa shape index (κ2) is 4.17. The molecule has 0 aliphatic carbocycles. The van der Waals surface area contributed by atoms with Crippen LogP contribution in [0.5, 0.6) is 0 Å². The Hall–Kier alpha value is -0.450. The summed E-state index contributed by atoms with van der Waals surface area (Å²) >= 11 is 3.46. The standard InChI is InChI=1S/C9H10BrNO2/c10-8-1-2-11-5-7(8)9-6-12-3-4-13-9/h1-2,5,9H,3-4,6H2. The molecule has 1 unspecified atom stereocenters. The molecule has 0 N–H and O–H groups in total. The van der Waals surface area contributed by atoms with Crippen LogP contribution in [0.1, 0.15) is 11.7 Å². The highest BCUT2D eigenvalue weighted by Crippen LogP contribution is 2.26. The third kappa shape index (κ3) is 2.07. The smallest absolute Gasteiger partial charge is 0.108 e. The maximum atomic E-state index is 5.55. The number of rotatable bonds is 1. The topological polar surface area (TPSA) is 31.4 Å². The van der Waals surface area contributed by atoms with Crippen LogP contribution in [0.2, 0.25) is 0 Å². The van der Waals surface area contributed by atoms with E-state index in [-0.39, 0.29) is 6.10 Å². The molecule has 70 valence electrons. The molecular formula is C9H10BrNO2. The van der Waals surface area contributed by atoms with Gasteiger partial charge in [0.25, 0.3) is 0 Å². The molecule has 4 heteroatoms. The van der Waals surface area contributed by atoms with Crippen molar-refractivity contribution >= 4 is 15.9 Å². The molecule has 2 heterocycles. The van der Waals surface area contributed by atoms with Gasteiger partial charge in [-0.25, -0.2) is 0 Å². The molecule has 3 nitrogen and oxygen atoms in total. The Bertz CT molecular complexity index is 287. The largest absolute Gasteiger partial charge is 0.376 e. The van der Waals surface area contributed by atoms with Crippen molar-refractivity contribution in [3.63, 3.8) is 0 Å². The monoisotopic (exact) mass is 243 g/mol. The molecule has 13 heavy (non-hydrogen) atoms. The highest BCUT2D eigenvalue weighted by molar-refractivity contribution is 9.10. The predicted octanol–water partition coefficient (Wildman–Crippen LogP) is 1.93. The van der Waals surface area contributed by atoms with E-state index in [2.05, 4.69) is 20.9 Å². The zero-order valence-corrected chi connectivity index (χ0v) is 8.66. The van der Waals surface area contributed by atoms with E-state index >= 15 is 0 Å². The first-order valence-corrected chi connectivity index (χ1v) is 4.96. The van der Waals surface area contributed by atoms with Crippen LogP contribution in [0.3, 0.4) is 0 Å². The highest BCUT2D eigenvalue weighted by atomic mass is 79.9. The van der Waals surface area contributed by atoms with E-state index in [9.17, 15) is 0 Å². The number of hydrogen-bond donors (Lipinski definition) is 0. The maximum Gasteiger partial charge on any atom is 0.108 e. The first-order chi connectivity index (χ1) is 6.38. The highest BCUT2D eigenvalue weighted by Gasteiger charge is 2.18. The summed E-state index contributed by atoms with van der Waals surface area (Å²) in [5.74, 6) is 0. The van der Waals surface area contributed by atoms with Gasteiger partial charge in [0.15, 0.2) is 0 Å². The van der Waals surface area contributed by atoms with E-state index in [1.54, 1.807) is 6.20 Å². The lowest BCUT2D eigenvalue weighted by Crippen LogP contribution is -2.22. The average molecular weight is 244 g/mol. The number of halogens is 1. The van der Waals surface area contributed by atoms with Crippen molar-refractivity contribution in [3.8, 4) is 0 Å². The van der Waals surface area contributed by atoms with Gasteiger partial charge in [-0.15, -0.1) is 0 Å². The molecule has 0 radical (unpaired) electrons. The Labute approximate surface area is 85.2 Å². The summed E-state index contributed by atoms with van der Waals surface area (Å²) in [4.78, 5) is 4.06. The molecule has 1 aromatic rings. The van der Waals surface area contributed by atoms with E-state index in [1.807, 2.05) is 12.3 Å². The van der Waals surface area contributed by atoms with Gasteiger partial charge in [0.05, 0.1) is 19.8 Å². The number of ether oxygens (including phenoxy) is 2. The van der Waals surface area contributed by atoms with Gasteiger partial charge in [0.2, 0.25) is 0 Å². The number of pyridine rings is 1. The van der Waals surface area contributed by atoms with Crippen LogP contribution in [0.15, 0.2) is 22.9 Å². The molecule has 0 spiro atoms. The van der Waals surface area contributed by atoms with Gasteiger partial charge in [-0.05, 0) is 6.07 Å². The van der Waals surface area contributed by atoms with Crippen LogP contribution < -0.4 is 0 Å². The van der Waals surface area contributed by atoms with Crippen LogP contribution in [0.4, 0.5) is 0 Å². The average Bonchev–Trinajstić information content (AvgIpc) is 2.20. The molecule has 1 fully saturated rings. The lowest BCUT2D eigenvalue weighted by molar-refractivity contribution is -0.0905. The van der Waals surface area contributed by atoms with Gasteiger partial charge < -0.3 is 9.47 Å². The zero-order valence-electron chi connectivity index (χ0n) is 7.07. The van der Waals surface area contributed by atoms with E-state index in [1.165, 1.54) is 0 Å². The molecule has 1 aliphatic rings. The Morgan fingerprint density at radius 2 is 2.38 bits per heavy atom. The Morgan fingerprint density at radius 3 is 3.08 bits per heavy atom. The lowest BCUT2D eigenvalue weighted by atomic mass is 10.1. The fourth-order valence-electron chi connectivity index (χ4n) is 1.29. The van der Waals surface area contributed by atoms with Crippen molar-refractivity contribution in [2.75, 3.05) is 19.8 Å². The maximum absolute atomic E-state index is 5.55. The zero-order chi connectivity index (χ0) is 9.10. The third-order valence-corrected chi connectivity index (χ3v) is 2.68. The molecule has 0 aromatic carbocycles. The van der Waals surface area contributed by atoms with E-state index in [4.69, 9.17) is 9.47 Å². The van der Waals surface area contributed by atoms with Gasteiger partial charge in [-0.2, -0.15) is 0 Å². The summed E-state index contributed by atoms with van der Waals surface area (Å²) in [6.07, 6.45) is 3.58. The van der Waals surface area contributed by atoms with Gasteiger partial charge in [0, 0.05) is 22.4 Å². The molecule has 1 atom stereocenters. The van der Waals surface area contributed by atoms with Gasteiger partial charge in [-0.3, -0.25) is 4.98 Å². The van der Waals surface area contributed by atoms with Crippen molar-refractivity contribution in [3.05, 3.63) is 28.5 Å². The van der Waals surface area contributed by atoms with Crippen LogP contribution >= 0.6 is 15.9 Å². The summed E-state index contributed by atoms with van der Waals surface area (Å²) in [5, 5.41) is 0. The summed E-state index contributed by atoms with van der Waals surface area (Å²) in [5.41, 5.74) is 1.06. The van der Waals surface area contributed by atoms with E-state index < -0.39 is 0 Å². The molecule has 2 rings (SSSR count). The molecule has 0 saturated carbocycles. The summed E-state index contributed by atoms with van der Waals surface area (Å²) in [6, 6.07) is 1.91. The Kier molecular flexibility index (Phi) is 2.93. The molecular weight excluding hydrogens is 234 g/mol. The number of hydrogen-bond acceptors (Lipinski definition) is 3. The first kappa shape index (κ1) is 9.12. The van der Waals surface area contributed by atoms with Crippen molar-refractivity contribution in [1.29, 1.82) is 0 Å². The molecule has 0 amide bonds. The summed E-state index contributed by atoms with van der Waals surface area (Å²) in [6.45, 7) is 1.96. The van der Waals surface area contributed by atoms with Crippen molar-refractivity contribution in [1.82, 2.24) is 4.98 Å². The molecule has 1 saturated heterocycles. The lowest BCUT2D eigenvalue weighted by Gasteiger charge is -2.23. The predicted molar refractivity (Wildman–Crippen MR) is 51.4 cm³/mol. The molecule has 1 aliphatic heterocycles. The number of aromatic nitrogens is 1. The summed E-state index contributed by atoms with van der Waals surface area (Å²) < 4.78 is 11.9. The second-order valence-electron chi connectivity index (χ2n) is 2.83. The van der Waals surface area contributed by atoms with Crippen molar-refractivity contribution < 1.29 is 9.47 Å². The number of nitrogens with zero attached hydrogens (tertiary/aromatic N) is 1. The van der Waals surface area contributed by atoms with Gasteiger partial charge >= 0.3 is 0 Å². The van der Waals surface area contributed by atoms with Crippen molar-refractivity contribution in [2.24, 2.45) is 0 Å². The fourth-order valence-corrected chi connectivity index (χ4v) is 1.77. The summed E-state index contributed by atoms with van der Waals surface area (Å²) in [7, 11) is 0. The minimum absolute atomic E-state index is 0.0248. The quantitative estimate of drug-likeness (QED) is 0.756. The van der Waals surface area contributed by atoms with E-state index in [0.717, 1.165) is 10.0 Å². The fraction of sp³-hybridized carbons (Fsp3) is 0.444. The normalized spacial score (nSPS) is 23.0. The van der Waals surface area contributed by atoms with Crippen LogP contribution in [0.25, 0.3) is 0 Å². The van der Waals surface area contributed by atoms with Crippen LogP contribution in [0, 0.1) is 0 Å². The van der Waals surface area contributed by atoms with Gasteiger partial charge in [0.1, 0.15) is 6.10 Å². The SMILES string of the molecule is Brc1ccncc1C1COCCO1. The minimum Gasteiger partial charge on any atom is -0.376 e. The van der Waals surface area contributed by atoms with Crippen LogP contribution in [-0.2, 0) is 9.47 Å². The van der Waals surface area contributed by atoms with E-state index in [0.29, 0.717) is 19.8 Å². The Morgan fingerprint density at radius 1 is 1.46 bits per heavy atom. The van der Waals surface area contributed by atoms with Crippen LogP contribution in [-0.4, -0.2) is 24.8 Å².